The van der Waals surface area contributed by atoms with Gasteiger partial charge in [-0.05, 0) is 71.2 Å². The lowest BCUT2D eigenvalue weighted by molar-refractivity contribution is -0.160. The van der Waals surface area contributed by atoms with Gasteiger partial charge in [0.2, 0.25) is 0 Å². The van der Waals surface area contributed by atoms with Crippen LogP contribution in [0.5, 0.6) is 11.5 Å². The van der Waals surface area contributed by atoms with Crippen LogP contribution >= 0.6 is 0 Å². The summed E-state index contributed by atoms with van der Waals surface area (Å²) in [6, 6.07) is 18.9. The molecule has 0 unspecified atom stereocenters. The molecular formula is C33H32N2O7. The van der Waals surface area contributed by atoms with Gasteiger partial charge in [-0.15, -0.1) is 4.73 Å². The summed E-state index contributed by atoms with van der Waals surface area (Å²) in [6.07, 6.45) is 2.78. The maximum atomic E-state index is 13.1. The van der Waals surface area contributed by atoms with Crippen LogP contribution in [0.2, 0.25) is 0 Å². The summed E-state index contributed by atoms with van der Waals surface area (Å²) in [6.45, 7) is 4.78. The van der Waals surface area contributed by atoms with Crippen molar-refractivity contribution in [1.82, 2.24) is 10.0 Å². The lowest BCUT2D eigenvalue weighted by Crippen LogP contribution is -2.33. The van der Waals surface area contributed by atoms with Crippen molar-refractivity contribution in [3.63, 3.8) is 0 Å². The number of pyridine rings is 1. The molecule has 0 radical (unpaired) electrons. The van der Waals surface area contributed by atoms with E-state index in [2.05, 4.69) is 31.3 Å². The van der Waals surface area contributed by atoms with Gasteiger partial charge in [-0.2, -0.15) is 0 Å². The lowest BCUT2D eigenvalue weighted by atomic mass is 9.97. The predicted molar refractivity (Wildman–Crippen MR) is 156 cm³/mol. The van der Waals surface area contributed by atoms with Gasteiger partial charge < -0.3 is 24.7 Å². The van der Waals surface area contributed by atoms with Crippen LogP contribution in [-0.2, 0) is 41.9 Å². The summed E-state index contributed by atoms with van der Waals surface area (Å²) in [5.41, 5.74) is 6.11. The second-order valence-corrected chi connectivity index (χ2v) is 10.7. The molecule has 0 saturated heterocycles. The van der Waals surface area contributed by atoms with Crippen LogP contribution in [0.4, 0.5) is 0 Å². The number of nitrogens with one attached hydrogen (secondary N) is 1. The number of nitrogens with zero attached hydrogens (tertiary/aromatic N) is 1. The molecule has 2 N–H and O–H groups in total. The quantitative estimate of drug-likeness (QED) is 0.233. The van der Waals surface area contributed by atoms with Crippen LogP contribution in [0.15, 0.2) is 65.5 Å². The van der Waals surface area contributed by atoms with E-state index in [1.54, 1.807) is 12.1 Å². The maximum Gasteiger partial charge on any atom is 0.442 e. The second-order valence-electron chi connectivity index (χ2n) is 10.7. The molecule has 1 aliphatic heterocycles. The molecular weight excluding hydrogens is 536 g/mol. The lowest BCUT2D eigenvalue weighted by Gasteiger charge is -2.20. The van der Waals surface area contributed by atoms with Gasteiger partial charge >= 0.3 is 17.5 Å². The normalized spacial score (nSPS) is 15.2. The largest absolute Gasteiger partial charge is 0.487 e. The van der Waals surface area contributed by atoms with E-state index in [4.69, 9.17) is 14.3 Å². The Morgan fingerprint density at radius 1 is 0.952 bits per heavy atom. The van der Waals surface area contributed by atoms with Gasteiger partial charge in [0.1, 0.15) is 17.9 Å². The Bertz CT molecular complexity index is 1710. The molecule has 2 aliphatic rings. The predicted octanol–water partition coefficient (Wildman–Crippen LogP) is 3.37. The molecule has 4 aromatic rings. The molecule has 0 spiro atoms. The van der Waals surface area contributed by atoms with Crippen molar-refractivity contribution in [3.8, 4) is 11.5 Å². The van der Waals surface area contributed by atoms with Crippen LogP contribution < -0.4 is 25.2 Å². The SMILES string of the molecule is CCc1cc2c(cc1CC)CC(NC[C@H](O)c1ccc(OCc3ccccc3)c3c1cc1c(=O)n3OC(=O)C(=O)O1)C2. The standard InChI is InChI=1S/C33H32N2O7/c1-3-20-12-22-14-24(15-23(22)13-21(20)4-2)34-17-27(36)25-10-11-28(40-18-19-8-6-5-7-9-19)30-26(25)16-29-31(37)35(30)42-33(39)32(38)41-29/h5-13,16,24,27,34,36H,3-4,14-15,17-18H2,1-2H3/t27-/m0/s1. The summed E-state index contributed by atoms with van der Waals surface area (Å²) >= 11 is 0. The fourth-order valence-corrected chi connectivity index (χ4v) is 5.89. The number of hydrogen-bond donors (Lipinski definition) is 2. The zero-order valence-corrected chi connectivity index (χ0v) is 23.5. The van der Waals surface area contributed by atoms with Gasteiger partial charge in [-0.1, -0.05) is 62.4 Å². The topological polar surface area (TPSA) is 116 Å². The Kier molecular flexibility index (Phi) is 7.53. The van der Waals surface area contributed by atoms with Crippen molar-refractivity contribution in [2.75, 3.05) is 6.54 Å². The highest BCUT2D eigenvalue weighted by Crippen LogP contribution is 2.34. The van der Waals surface area contributed by atoms with Gasteiger partial charge in [0.25, 0.3) is 0 Å². The van der Waals surface area contributed by atoms with Crippen molar-refractivity contribution >= 4 is 22.8 Å². The highest BCUT2D eigenvalue weighted by atomic mass is 16.7. The zero-order valence-electron chi connectivity index (χ0n) is 23.5. The number of benzene rings is 3. The molecule has 42 heavy (non-hydrogen) atoms. The number of esters is 1. The van der Waals surface area contributed by atoms with E-state index in [9.17, 15) is 19.5 Å². The number of rotatable bonds is 9. The van der Waals surface area contributed by atoms with Crippen LogP contribution in [-0.4, -0.2) is 34.4 Å². The molecule has 2 heterocycles. The third-order valence-electron chi connectivity index (χ3n) is 8.04. The number of hydrogen-bond acceptors (Lipinski definition) is 8. The third-order valence-corrected chi connectivity index (χ3v) is 8.04. The number of aryl methyl sites for hydroxylation is 2. The van der Waals surface area contributed by atoms with Gasteiger partial charge in [0, 0.05) is 18.0 Å². The van der Waals surface area contributed by atoms with Crippen LogP contribution in [0.1, 0.15) is 53.3 Å². The molecule has 1 atom stereocenters. The van der Waals surface area contributed by atoms with Crippen molar-refractivity contribution in [2.45, 2.75) is 58.3 Å². The second kappa shape index (κ2) is 11.4. The number of carbonyl (C=O) groups excluding carboxylic acids is 2. The summed E-state index contributed by atoms with van der Waals surface area (Å²) < 4.78 is 11.8. The molecule has 1 aliphatic carbocycles. The molecule has 0 amide bonds. The van der Waals surface area contributed by atoms with E-state index in [1.165, 1.54) is 28.3 Å². The smallest absolute Gasteiger partial charge is 0.442 e. The molecule has 9 heteroatoms. The number of fused-ring (bicyclic) bond motifs is 5. The minimum atomic E-state index is -1.33. The van der Waals surface area contributed by atoms with E-state index in [-0.39, 0.29) is 36.2 Å². The maximum absolute atomic E-state index is 13.1. The van der Waals surface area contributed by atoms with Crippen molar-refractivity contribution in [1.29, 1.82) is 0 Å². The van der Waals surface area contributed by atoms with E-state index < -0.39 is 23.6 Å². The first kappa shape index (κ1) is 27.7. The number of aromatic nitrogens is 1. The van der Waals surface area contributed by atoms with Crippen LogP contribution in [0, 0.1) is 0 Å². The minimum absolute atomic E-state index is 0.121. The summed E-state index contributed by atoms with van der Waals surface area (Å²) in [5, 5.41) is 15.2. The first-order valence-electron chi connectivity index (χ1n) is 14.2. The highest BCUT2D eigenvalue weighted by Gasteiger charge is 2.31. The minimum Gasteiger partial charge on any atom is -0.487 e. The number of aliphatic hydroxyl groups excluding tert-OH is 1. The molecule has 3 aromatic carbocycles. The van der Waals surface area contributed by atoms with Gasteiger partial charge in [-0.25, -0.2) is 9.59 Å². The number of aliphatic hydroxyl groups is 1. The summed E-state index contributed by atoms with van der Waals surface area (Å²) in [7, 11) is 0. The van der Waals surface area contributed by atoms with Gasteiger partial charge in [0.15, 0.2) is 5.75 Å². The fourth-order valence-electron chi connectivity index (χ4n) is 5.89. The molecule has 0 saturated carbocycles. The zero-order chi connectivity index (χ0) is 29.4. The van der Waals surface area contributed by atoms with E-state index in [0.717, 1.165) is 31.2 Å². The Labute approximate surface area is 242 Å². The molecule has 9 nitrogen and oxygen atoms in total. The van der Waals surface area contributed by atoms with Gasteiger partial charge in [-0.3, -0.25) is 4.79 Å². The number of ether oxygens (including phenoxy) is 2. The van der Waals surface area contributed by atoms with Crippen LogP contribution in [0.25, 0.3) is 10.9 Å². The third kappa shape index (κ3) is 5.17. The first-order valence-corrected chi connectivity index (χ1v) is 14.2. The highest BCUT2D eigenvalue weighted by molar-refractivity contribution is 6.30. The Hall–Kier alpha value is -4.47. The summed E-state index contributed by atoms with van der Waals surface area (Å²) in [5.74, 6) is -2.77. The van der Waals surface area contributed by atoms with E-state index in [1.807, 2.05) is 30.3 Å². The van der Waals surface area contributed by atoms with Crippen molar-refractivity contribution in [2.24, 2.45) is 0 Å². The van der Waals surface area contributed by atoms with Gasteiger partial charge in [0.05, 0.1) is 6.10 Å². The molecule has 0 fully saturated rings. The Morgan fingerprint density at radius 2 is 1.64 bits per heavy atom. The van der Waals surface area contributed by atoms with Crippen LogP contribution in [0.3, 0.4) is 0 Å². The van der Waals surface area contributed by atoms with E-state index in [0.29, 0.717) is 15.7 Å². The average molecular weight is 569 g/mol. The molecule has 6 rings (SSSR count). The first-order chi connectivity index (χ1) is 20.4. The monoisotopic (exact) mass is 568 g/mol. The van der Waals surface area contributed by atoms with E-state index >= 15 is 0 Å². The molecule has 1 aromatic heterocycles. The van der Waals surface area contributed by atoms with Crippen molar-refractivity contribution in [3.05, 3.63) is 104 Å². The molecule has 216 valence electrons. The fraction of sp³-hybridized carbons (Fsp3) is 0.303. The number of carbonyl (C=O) groups is 2. The van der Waals surface area contributed by atoms with Crippen molar-refractivity contribution < 1.29 is 29.0 Å². The Balaban J connectivity index is 1.30. The molecule has 2 bridgehead atoms. The summed E-state index contributed by atoms with van der Waals surface area (Å²) in [4.78, 5) is 42.5. The average Bonchev–Trinajstić information content (AvgIpc) is 3.39. The Morgan fingerprint density at radius 3 is 2.31 bits per heavy atom.